The van der Waals surface area contributed by atoms with Gasteiger partial charge in [0.2, 0.25) is 0 Å². The van der Waals surface area contributed by atoms with Crippen LogP contribution in [0.15, 0.2) is 54.0 Å². The summed E-state index contributed by atoms with van der Waals surface area (Å²) in [6.45, 7) is 2.15. The molecule has 1 unspecified atom stereocenters. The van der Waals surface area contributed by atoms with Crippen LogP contribution in [-0.2, 0) is 7.05 Å². The van der Waals surface area contributed by atoms with E-state index < -0.39 is 0 Å². The summed E-state index contributed by atoms with van der Waals surface area (Å²) in [5.41, 5.74) is 3.58. The van der Waals surface area contributed by atoms with Gasteiger partial charge in [-0.1, -0.05) is 24.3 Å². The summed E-state index contributed by atoms with van der Waals surface area (Å²) >= 11 is 1.76. The molecule has 0 spiro atoms. The van der Waals surface area contributed by atoms with Gasteiger partial charge in [0.25, 0.3) is 0 Å². The molecule has 102 valence electrons. The van der Waals surface area contributed by atoms with Crippen LogP contribution in [-0.4, -0.2) is 9.78 Å². The zero-order valence-corrected chi connectivity index (χ0v) is 12.4. The Morgan fingerprint density at radius 2 is 2.00 bits per heavy atom. The van der Waals surface area contributed by atoms with Crippen LogP contribution in [0.1, 0.15) is 18.7 Å². The Balaban J connectivity index is 1.90. The van der Waals surface area contributed by atoms with Gasteiger partial charge in [-0.05, 0) is 30.5 Å². The summed E-state index contributed by atoms with van der Waals surface area (Å²) in [6.07, 6.45) is 1.83. The molecule has 1 aromatic carbocycles. The molecule has 0 saturated carbocycles. The molecule has 0 amide bonds. The molecule has 2 heterocycles. The molecule has 3 rings (SSSR count). The van der Waals surface area contributed by atoms with Crippen molar-refractivity contribution in [3.63, 3.8) is 0 Å². The van der Waals surface area contributed by atoms with E-state index >= 15 is 0 Å². The van der Waals surface area contributed by atoms with Crippen LogP contribution in [0.5, 0.6) is 0 Å². The fourth-order valence-electron chi connectivity index (χ4n) is 2.37. The molecule has 1 atom stereocenters. The Labute approximate surface area is 122 Å². The standard InChI is InChI=1S/C16H17N3S/c1-12(15-9-10-17-19(15)2)18-14-7-4-3-6-13(14)16-8-5-11-20-16/h3-12,18H,1-2H3. The number of nitrogens with zero attached hydrogens (tertiary/aromatic N) is 2. The first kappa shape index (κ1) is 12.9. The highest BCUT2D eigenvalue weighted by molar-refractivity contribution is 7.13. The summed E-state index contributed by atoms with van der Waals surface area (Å²) in [7, 11) is 1.97. The maximum Gasteiger partial charge on any atom is 0.0654 e. The second kappa shape index (κ2) is 5.51. The summed E-state index contributed by atoms with van der Waals surface area (Å²) < 4.78 is 1.91. The molecule has 1 N–H and O–H groups in total. The van der Waals surface area contributed by atoms with Gasteiger partial charge < -0.3 is 5.32 Å². The Kier molecular flexibility index (Phi) is 3.56. The number of aromatic nitrogens is 2. The molecule has 20 heavy (non-hydrogen) atoms. The van der Waals surface area contributed by atoms with Crippen LogP contribution in [0, 0.1) is 0 Å². The molecule has 3 aromatic rings. The second-order valence-electron chi connectivity index (χ2n) is 4.77. The van der Waals surface area contributed by atoms with Crippen molar-refractivity contribution in [1.82, 2.24) is 9.78 Å². The number of rotatable bonds is 4. The number of aryl methyl sites for hydroxylation is 1. The van der Waals surface area contributed by atoms with Crippen LogP contribution in [0.25, 0.3) is 10.4 Å². The largest absolute Gasteiger partial charge is 0.376 e. The van der Waals surface area contributed by atoms with Crippen molar-refractivity contribution in [1.29, 1.82) is 0 Å². The molecule has 0 bridgehead atoms. The highest BCUT2D eigenvalue weighted by atomic mass is 32.1. The molecule has 4 heteroatoms. The molecule has 0 radical (unpaired) electrons. The molecule has 3 nitrogen and oxygen atoms in total. The first-order valence-corrected chi connectivity index (χ1v) is 7.51. The van der Waals surface area contributed by atoms with Crippen LogP contribution >= 0.6 is 11.3 Å². The van der Waals surface area contributed by atoms with Crippen molar-refractivity contribution in [3.05, 3.63) is 59.7 Å². The maximum absolute atomic E-state index is 4.23. The molecule has 0 saturated heterocycles. The Bertz CT molecular complexity index is 685. The molecule has 0 aliphatic heterocycles. The van der Waals surface area contributed by atoms with Gasteiger partial charge in [-0.25, -0.2) is 0 Å². The fraction of sp³-hybridized carbons (Fsp3) is 0.188. The van der Waals surface area contributed by atoms with Gasteiger partial charge in [-0.15, -0.1) is 11.3 Å². The van der Waals surface area contributed by atoms with Crippen molar-refractivity contribution in [3.8, 4) is 10.4 Å². The first-order valence-electron chi connectivity index (χ1n) is 6.63. The lowest BCUT2D eigenvalue weighted by molar-refractivity contribution is 0.676. The highest BCUT2D eigenvalue weighted by Crippen LogP contribution is 2.33. The third-order valence-corrected chi connectivity index (χ3v) is 4.29. The SMILES string of the molecule is CC(Nc1ccccc1-c1cccs1)c1ccnn1C. The zero-order chi connectivity index (χ0) is 13.9. The minimum absolute atomic E-state index is 0.212. The van der Waals surface area contributed by atoms with E-state index in [1.807, 2.05) is 24.0 Å². The average molecular weight is 283 g/mol. The van der Waals surface area contributed by atoms with E-state index in [9.17, 15) is 0 Å². The molecule has 0 aliphatic rings. The number of hydrogen-bond acceptors (Lipinski definition) is 3. The Morgan fingerprint density at radius 3 is 2.70 bits per heavy atom. The van der Waals surface area contributed by atoms with Crippen LogP contribution in [0.2, 0.25) is 0 Å². The minimum atomic E-state index is 0.212. The van der Waals surface area contributed by atoms with E-state index in [1.165, 1.54) is 16.1 Å². The topological polar surface area (TPSA) is 29.9 Å². The van der Waals surface area contributed by atoms with Gasteiger partial charge in [-0.2, -0.15) is 5.10 Å². The predicted molar refractivity (Wildman–Crippen MR) is 85.0 cm³/mol. The second-order valence-corrected chi connectivity index (χ2v) is 5.72. The third kappa shape index (κ3) is 2.47. The average Bonchev–Trinajstić information content (AvgIpc) is 3.10. The molecular weight excluding hydrogens is 266 g/mol. The van der Waals surface area contributed by atoms with E-state index in [0.29, 0.717) is 0 Å². The van der Waals surface area contributed by atoms with Gasteiger partial charge in [0.05, 0.1) is 11.7 Å². The smallest absolute Gasteiger partial charge is 0.0654 e. The molecular formula is C16H17N3S. The van der Waals surface area contributed by atoms with Crippen molar-refractivity contribution < 1.29 is 0 Å². The number of hydrogen-bond donors (Lipinski definition) is 1. The van der Waals surface area contributed by atoms with E-state index in [0.717, 1.165) is 5.69 Å². The zero-order valence-electron chi connectivity index (χ0n) is 11.6. The number of nitrogens with one attached hydrogen (secondary N) is 1. The normalized spacial score (nSPS) is 12.3. The van der Waals surface area contributed by atoms with E-state index in [2.05, 4.69) is 59.1 Å². The fourth-order valence-corrected chi connectivity index (χ4v) is 3.14. The van der Waals surface area contributed by atoms with Gasteiger partial charge in [0.1, 0.15) is 0 Å². The van der Waals surface area contributed by atoms with Crippen molar-refractivity contribution in [2.45, 2.75) is 13.0 Å². The number of anilines is 1. The van der Waals surface area contributed by atoms with Gasteiger partial charge >= 0.3 is 0 Å². The quantitative estimate of drug-likeness (QED) is 0.772. The number of benzene rings is 1. The summed E-state index contributed by atoms with van der Waals surface area (Å²) in [4.78, 5) is 1.28. The summed E-state index contributed by atoms with van der Waals surface area (Å²) in [5.74, 6) is 0. The maximum atomic E-state index is 4.23. The third-order valence-electron chi connectivity index (χ3n) is 3.39. The number of para-hydroxylation sites is 1. The van der Waals surface area contributed by atoms with Crippen LogP contribution in [0.3, 0.4) is 0 Å². The summed E-state index contributed by atoms with van der Waals surface area (Å²) in [5, 5.41) is 9.93. The van der Waals surface area contributed by atoms with Crippen LogP contribution in [0.4, 0.5) is 5.69 Å². The molecule has 0 fully saturated rings. The van der Waals surface area contributed by atoms with Gasteiger partial charge in [0, 0.05) is 29.4 Å². The highest BCUT2D eigenvalue weighted by Gasteiger charge is 2.12. The lowest BCUT2D eigenvalue weighted by Crippen LogP contribution is -2.11. The number of thiophene rings is 1. The van der Waals surface area contributed by atoms with Crippen LogP contribution < -0.4 is 5.32 Å². The molecule has 2 aromatic heterocycles. The predicted octanol–water partition coefficient (Wildman–Crippen LogP) is 4.32. The van der Waals surface area contributed by atoms with Crippen molar-refractivity contribution in [2.24, 2.45) is 7.05 Å². The summed E-state index contributed by atoms with van der Waals surface area (Å²) in [6, 6.07) is 14.9. The van der Waals surface area contributed by atoms with Gasteiger partial charge in [0.15, 0.2) is 0 Å². The van der Waals surface area contributed by atoms with Crippen molar-refractivity contribution >= 4 is 17.0 Å². The van der Waals surface area contributed by atoms with E-state index in [4.69, 9.17) is 0 Å². The Hall–Kier alpha value is -2.07. The van der Waals surface area contributed by atoms with Gasteiger partial charge in [-0.3, -0.25) is 4.68 Å². The molecule has 0 aliphatic carbocycles. The minimum Gasteiger partial charge on any atom is -0.376 e. The monoisotopic (exact) mass is 283 g/mol. The lowest BCUT2D eigenvalue weighted by Gasteiger charge is -2.18. The van der Waals surface area contributed by atoms with E-state index in [1.54, 1.807) is 11.3 Å². The first-order chi connectivity index (χ1) is 9.75. The lowest BCUT2D eigenvalue weighted by atomic mass is 10.1. The van der Waals surface area contributed by atoms with Crippen molar-refractivity contribution in [2.75, 3.05) is 5.32 Å². The Morgan fingerprint density at radius 1 is 1.15 bits per heavy atom. The van der Waals surface area contributed by atoms with E-state index in [-0.39, 0.29) is 6.04 Å².